The Balaban J connectivity index is 2.43. The number of rotatable bonds is 1. The van der Waals surface area contributed by atoms with E-state index in [2.05, 4.69) is 38.5 Å². The molecule has 1 aromatic carbocycles. The van der Waals surface area contributed by atoms with E-state index in [4.69, 9.17) is 0 Å². The lowest BCUT2D eigenvalue weighted by atomic mass is 10.1. The molecule has 2 nitrogen and oxygen atoms in total. The van der Waals surface area contributed by atoms with Gasteiger partial charge < -0.3 is 4.90 Å². The third kappa shape index (κ3) is 2.54. The number of hydrogen-bond acceptors (Lipinski definition) is 1. The van der Waals surface area contributed by atoms with Crippen molar-refractivity contribution in [1.82, 2.24) is 4.90 Å². The van der Waals surface area contributed by atoms with E-state index < -0.39 is 0 Å². The third-order valence-electron chi connectivity index (χ3n) is 2.69. The summed E-state index contributed by atoms with van der Waals surface area (Å²) in [4.78, 5) is 13.5. The van der Waals surface area contributed by atoms with E-state index in [1.165, 1.54) is 12.1 Å². The van der Waals surface area contributed by atoms with Crippen molar-refractivity contribution in [2.24, 2.45) is 0 Å². The Bertz CT molecular complexity index is 503. The number of halogens is 3. The van der Waals surface area contributed by atoms with Gasteiger partial charge in [0.2, 0.25) is 5.91 Å². The van der Waals surface area contributed by atoms with Gasteiger partial charge in [-0.3, -0.25) is 4.79 Å². The van der Waals surface area contributed by atoms with E-state index in [9.17, 15) is 9.18 Å². The van der Waals surface area contributed by atoms with Gasteiger partial charge in [0.05, 0.1) is 3.92 Å². The molecule has 2 rings (SSSR count). The molecule has 0 fully saturated rings. The van der Waals surface area contributed by atoms with Crippen LogP contribution in [-0.4, -0.2) is 21.8 Å². The highest BCUT2D eigenvalue weighted by Crippen LogP contribution is 2.32. The fourth-order valence-corrected chi connectivity index (χ4v) is 3.00. The van der Waals surface area contributed by atoms with Gasteiger partial charge in [-0.15, -0.1) is 0 Å². The summed E-state index contributed by atoms with van der Waals surface area (Å²) in [6.45, 7) is 0. The predicted octanol–water partition coefficient (Wildman–Crippen LogP) is 3.59. The standard InChI is InChI=1S/C12H10BrFINO/c1-16-11(5-4-10(15)12(16)17)8-3-2-7(14)6-9(8)13/h2-3,5-6,10H,4H2,1H3. The molecule has 0 spiro atoms. The largest absolute Gasteiger partial charge is 0.314 e. The van der Waals surface area contributed by atoms with E-state index in [0.29, 0.717) is 10.9 Å². The Morgan fingerprint density at radius 3 is 2.88 bits per heavy atom. The Morgan fingerprint density at radius 2 is 2.24 bits per heavy atom. The Kier molecular flexibility index (Phi) is 3.87. The average Bonchev–Trinajstić information content (AvgIpc) is 2.28. The average molecular weight is 410 g/mol. The molecule has 1 aromatic rings. The summed E-state index contributed by atoms with van der Waals surface area (Å²) in [6, 6.07) is 4.49. The van der Waals surface area contributed by atoms with E-state index in [1.807, 2.05) is 6.08 Å². The lowest BCUT2D eigenvalue weighted by Gasteiger charge is -2.28. The van der Waals surface area contributed by atoms with Crippen LogP contribution in [0.2, 0.25) is 0 Å². The first kappa shape index (κ1) is 13.0. The maximum Gasteiger partial charge on any atom is 0.240 e. The number of nitrogens with zero attached hydrogens (tertiary/aromatic N) is 1. The number of hydrogen-bond donors (Lipinski definition) is 0. The van der Waals surface area contributed by atoms with Gasteiger partial charge in [0.25, 0.3) is 0 Å². The molecule has 0 aliphatic carbocycles. The van der Waals surface area contributed by atoms with Crippen LogP contribution in [-0.2, 0) is 4.79 Å². The maximum atomic E-state index is 13.0. The second kappa shape index (κ2) is 5.06. The van der Waals surface area contributed by atoms with Crippen molar-refractivity contribution in [3.63, 3.8) is 0 Å². The summed E-state index contributed by atoms with van der Waals surface area (Å²) >= 11 is 5.46. The molecule has 1 unspecified atom stereocenters. The van der Waals surface area contributed by atoms with Gasteiger partial charge in [0.1, 0.15) is 5.82 Å². The molecular formula is C12H10BrFINO. The quantitative estimate of drug-likeness (QED) is 0.512. The van der Waals surface area contributed by atoms with Crippen molar-refractivity contribution >= 4 is 50.1 Å². The van der Waals surface area contributed by atoms with Crippen LogP contribution in [0, 0.1) is 5.82 Å². The number of amides is 1. The molecule has 90 valence electrons. The van der Waals surface area contributed by atoms with Gasteiger partial charge in [0.15, 0.2) is 0 Å². The van der Waals surface area contributed by atoms with Gasteiger partial charge >= 0.3 is 0 Å². The summed E-state index contributed by atoms with van der Waals surface area (Å²) < 4.78 is 13.7. The Hall–Kier alpha value is -0.430. The number of benzene rings is 1. The van der Waals surface area contributed by atoms with Crippen molar-refractivity contribution in [2.75, 3.05) is 7.05 Å². The van der Waals surface area contributed by atoms with Crippen LogP contribution in [0.1, 0.15) is 12.0 Å². The van der Waals surface area contributed by atoms with E-state index in [0.717, 1.165) is 11.3 Å². The lowest BCUT2D eigenvalue weighted by molar-refractivity contribution is -0.126. The molecule has 0 saturated heterocycles. The van der Waals surface area contributed by atoms with E-state index in [-0.39, 0.29) is 15.6 Å². The second-order valence-electron chi connectivity index (χ2n) is 3.81. The van der Waals surface area contributed by atoms with Gasteiger partial charge in [-0.1, -0.05) is 28.7 Å². The zero-order valence-corrected chi connectivity index (χ0v) is 12.8. The fraction of sp³-hybridized carbons (Fsp3) is 0.250. The molecule has 1 aliphatic heterocycles. The highest BCUT2D eigenvalue weighted by molar-refractivity contribution is 14.1. The molecule has 17 heavy (non-hydrogen) atoms. The van der Waals surface area contributed by atoms with E-state index in [1.54, 1.807) is 18.0 Å². The SMILES string of the molecule is CN1C(=O)C(I)CC=C1c1ccc(F)cc1Br. The van der Waals surface area contributed by atoms with Gasteiger partial charge in [-0.25, -0.2) is 4.39 Å². The monoisotopic (exact) mass is 409 g/mol. The highest BCUT2D eigenvalue weighted by atomic mass is 127. The molecule has 0 aromatic heterocycles. The van der Waals surface area contributed by atoms with Crippen molar-refractivity contribution in [3.8, 4) is 0 Å². The van der Waals surface area contributed by atoms with Crippen LogP contribution in [0.5, 0.6) is 0 Å². The maximum absolute atomic E-state index is 13.0. The Morgan fingerprint density at radius 1 is 1.53 bits per heavy atom. The van der Waals surface area contributed by atoms with Crippen molar-refractivity contribution in [2.45, 2.75) is 10.3 Å². The summed E-state index contributed by atoms with van der Waals surface area (Å²) in [5.41, 5.74) is 1.67. The van der Waals surface area contributed by atoms with Crippen LogP contribution < -0.4 is 0 Å². The van der Waals surface area contributed by atoms with Gasteiger partial charge in [-0.2, -0.15) is 0 Å². The minimum absolute atomic E-state index is 0.0134. The summed E-state index contributed by atoms with van der Waals surface area (Å²) in [6.07, 6.45) is 2.72. The van der Waals surface area contributed by atoms with Crippen molar-refractivity contribution in [3.05, 3.63) is 40.1 Å². The van der Waals surface area contributed by atoms with Crippen LogP contribution in [0.4, 0.5) is 4.39 Å². The number of alkyl halides is 1. The smallest absolute Gasteiger partial charge is 0.240 e. The molecular weight excluding hydrogens is 400 g/mol. The molecule has 1 heterocycles. The molecule has 0 radical (unpaired) electrons. The Labute approximate surface area is 121 Å². The molecule has 1 atom stereocenters. The minimum Gasteiger partial charge on any atom is -0.314 e. The van der Waals surface area contributed by atoms with Crippen LogP contribution in [0.25, 0.3) is 5.70 Å². The highest BCUT2D eigenvalue weighted by Gasteiger charge is 2.27. The van der Waals surface area contributed by atoms with Crippen LogP contribution >= 0.6 is 38.5 Å². The summed E-state index contributed by atoms with van der Waals surface area (Å²) in [5, 5.41) is 0. The lowest BCUT2D eigenvalue weighted by Crippen LogP contribution is -2.35. The van der Waals surface area contributed by atoms with Gasteiger partial charge in [-0.05, 0) is 40.5 Å². The first-order valence-electron chi connectivity index (χ1n) is 5.08. The molecule has 0 bridgehead atoms. The zero-order valence-electron chi connectivity index (χ0n) is 9.08. The second-order valence-corrected chi connectivity index (χ2v) is 6.17. The molecule has 1 amide bonds. The zero-order chi connectivity index (χ0) is 12.6. The van der Waals surface area contributed by atoms with Crippen LogP contribution in [0.15, 0.2) is 28.7 Å². The van der Waals surface area contributed by atoms with Crippen molar-refractivity contribution < 1.29 is 9.18 Å². The molecule has 1 aliphatic rings. The summed E-state index contributed by atoms with van der Waals surface area (Å²) in [7, 11) is 1.74. The molecule has 0 N–H and O–H groups in total. The number of carbonyl (C=O) groups excluding carboxylic acids is 1. The van der Waals surface area contributed by atoms with Gasteiger partial charge in [0, 0.05) is 22.8 Å². The van der Waals surface area contributed by atoms with E-state index >= 15 is 0 Å². The summed E-state index contributed by atoms with van der Waals surface area (Å²) in [5.74, 6) is -0.211. The topological polar surface area (TPSA) is 20.3 Å². The molecule has 0 saturated carbocycles. The first-order chi connectivity index (χ1) is 8.00. The minimum atomic E-state index is -0.294. The van der Waals surface area contributed by atoms with Crippen molar-refractivity contribution in [1.29, 1.82) is 0 Å². The number of carbonyl (C=O) groups is 1. The third-order valence-corrected chi connectivity index (χ3v) is 4.38. The van der Waals surface area contributed by atoms with Crippen LogP contribution in [0.3, 0.4) is 0 Å². The number of allylic oxidation sites excluding steroid dienone is 1. The normalized spacial score (nSPS) is 20.5. The molecule has 5 heteroatoms. The first-order valence-corrected chi connectivity index (χ1v) is 7.12. The predicted molar refractivity (Wildman–Crippen MR) is 77.3 cm³/mol. The fourth-order valence-electron chi connectivity index (χ4n) is 1.77.